The molecule has 0 aliphatic carbocycles. The van der Waals surface area contributed by atoms with Gasteiger partial charge in [0.2, 0.25) is 0 Å². The van der Waals surface area contributed by atoms with E-state index >= 15 is 0 Å². The molecule has 0 unspecified atom stereocenters. The van der Waals surface area contributed by atoms with Crippen molar-refractivity contribution < 1.29 is 17.9 Å². The van der Waals surface area contributed by atoms with Crippen molar-refractivity contribution >= 4 is 21.6 Å². The van der Waals surface area contributed by atoms with Gasteiger partial charge in [0.15, 0.2) is 6.10 Å². The zero-order chi connectivity index (χ0) is 20.5. The second kappa shape index (κ2) is 7.83. The highest BCUT2D eigenvalue weighted by atomic mass is 32.2. The van der Waals surface area contributed by atoms with Gasteiger partial charge in [0.25, 0.3) is 15.9 Å². The Hall–Kier alpha value is -2.54. The monoisotopic (exact) mass is 402 g/mol. The van der Waals surface area contributed by atoms with Gasteiger partial charge in [0.05, 0.1) is 17.1 Å². The summed E-state index contributed by atoms with van der Waals surface area (Å²) in [7, 11) is -3.83. The SMILES string of the molecule is CC[C@@H](C)NC(=O)[C@@H]1CN(S(=O)(=O)c2ccc(C)cc2)c2ccc(C)cc2O1. The molecule has 1 aliphatic rings. The van der Waals surface area contributed by atoms with Crippen LogP contribution in [0.15, 0.2) is 47.4 Å². The molecule has 150 valence electrons. The maximum absolute atomic E-state index is 13.3. The maximum Gasteiger partial charge on any atom is 0.264 e. The summed E-state index contributed by atoms with van der Waals surface area (Å²) in [6.45, 7) is 7.59. The predicted molar refractivity (Wildman–Crippen MR) is 109 cm³/mol. The predicted octanol–water partition coefficient (Wildman–Crippen LogP) is 3.17. The Labute approximate surface area is 166 Å². The summed E-state index contributed by atoms with van der Waals surface area (Å²) >= 11 is 0. The van der Waals surface area contributed by atoms with Gasteiger partial charge in [-0.25, -0.2) is 8.42 Å². The highest BCUT2D eigenvalue weighted by molar-refractivity contribution is 7.92. The molecule has 2 aromatic carbocycles. The van der Waals surface area contributed by atoms with Crippen LogP contribution in [0.1, 0.15) is 31.4 Å². The van der Waals surface area contributed by atoms with Crippen LogP contribution in [0.2, 0.25) is 0 Å². The summed E-state index contributed by atoms with van der Waals surface area (Å²) in [4.78, 5) is 12.8. The number of rotatable bonds is 5. The molecule has 0 spiro atoms. The smallest absolute Gasteiger partial charge is 0.264 e. The standard InChI is InChI=1S/C21H26N2O4S/c1-5-16(4)22-21(24)20-13-23(18-11-8-15(3)12-19(18)27-20)28(25,26)17-9-6-14(2)7-10-17/h6-12,16,20H,5,13H2,1-4H3,(H,22,24)/t16-,20+/m1/s1. The van der Waals surface area contributed by atoms with E-state index in [1.807, 2.05) is 33.8 Å². The average molecular weight is 403 g/mol. The summed E-state index contributed by atoms with van der Waals surface area (Å²) in [6, 6.07) is 12.0. The summed E-state index contributed by atoms with van der Waals surface area (Å²) in [5.41, 5.74) is 2.34. The van der Waals surface area contributed by atoms with Gasteiger partial charge in [-0.05, 0) is 57.0 Å². The molecule has 2 aromatic rings. The quantitative estimate of drug-likeness (QED) is 0.833. The topological polar surface area (TPSA) is 75.7 Å². The highest BCUT2D eigenvalue weighted by Crippen LogP contribution is 2.37. The van der Waals surface area contributed by atoms with Crippen molar-refractivity contribution in [2.75, 3.05) is 10.8 Å². The Bertz CT molecular complexity index is 970. The number of anilines is 1. The molecule has 6 nitrogen and oxygen atoms in total. The van der Waals surface area contributed by atoms with E-state index in [1.165, 1.54) is 4.31 Å². The zero-order valence-electron chi connectivity index (χ0n) is 16.6. The van der Waals surface area contributed by atoms with Crippen molar-refractivity contribution in [1.29, 1.82) is 0 Å². The van der Waals surface area contributed by atoms with E-state index in [0.717, 1.165) is 17.5 Å². The molecule has 0 bridgehead atoms. The van der Waals surface area contributed by atoms with Gasteiger partial charge < -0.3 is 10.1 Å². The van der Waals surface area contributed by atoms with E-state index in [9.17, 15) is 13.2 Å². The molecule has 3 rings (SSSR count). The third-order valence-corrected chi connectivity index (χ3v) is 6.68. The number of benzene rings is 2. The van der Waals surface area contributed by atoms with Crippen LogP contribution in [0.25, 0.3) is 0 Å². The summed E-state index contributed by atoms with van der Waals surface area (Å²) in [5, 5.41) is 2.88. The number of nitrogens with one attached hydrogen (secondary N) is 1. The van der Waals surface area contributed by atoms with Gasteiger partial charge in [-0.3, -0.25) is 9.10 Å². The first-order valence-electron chi connectivity index (χ1n) is 9.39. The first-order chi connectivity index (χ1) is 13.2. The molecule has 7 heteroatoms. The van der Waals surface area contributed by atoms with Crippen LogP contribution in [0.4, 0.5) is 5.69 Å². The fourth-order valence-corrected chi connectivity index (χ4v) is 4.48. The number of carbonyl (C=O) groups is 1. The van der Waals surface area contributed by atoms with E-state index in [2.05, 4.69) is 5.32 Å². The normalized spacial score (nSPS) is 17.4. The van der Waals surface area contributed by atoms with E-state index in [0.29, 0.717) is 11.4 Å². The second-order valence-electron chi connectivity index (χ2n) is 7.24. The third-order valence-electron chi connectivity index (χ3n) is 4.89. The van der Waals surface area contributed by atoms with Crippen LogP contribution in [0.5, 0.6) is 5.75 Å². The van der Waals surface area contributed by atoms with Crippen LogP contribution in [-0.2, 0) is 14.8 Å². The van der Waals surface area contributed by atoms with E-state index < -0.39 is 16.1 Å². The van der Waals surface area contributed by atoms with Crippen LogP contribution in [0, 0.1) is 13.8 Å². The minimum Gasteiger partial charge on any atom is -0.476 e. The van der Waals surface area contributed by atoms with Crippen molar-refractivity contribution in [3.8, 4) is 5.75 Å². The molecule has 0 radical (unpaired) electrons. The van der Waals surface area contributed by atoms with E-state index in [-0.39, 0.29) is 23.4 Å². The van der Waals surface area contributed by atoms with Gasteiger partial charge in [-0.2, -0.15) is 0 Å². The van der Waals surface area contributed by atoms with Crippen molar-refractivity contribution in [3.63, 3.8) is 0 Å². The van der Waals surface area contributed by atoms with E-state index in [4.69, 9.17) is 4.74 Å². The van der Waals surface area contributed by atoms with Crippen molar-refractivity contribution in [3.05, 3.63) is 53.6 Å². The lowest BCUT2D eigenvalue weighted by molar-refractivity contribution is -0.128. The molecule has 0 saturated heterocycles. The molecule has 2 atom stereocenters. The number of aryl methyl sites for hydroxylation is 2. The van der Waals surface area contributed by atoms with Gasteiger partial charge in [-0.15, -0.1) is 0 Å². The summed E-state index contributed by atoms with van der Waals surface area (Å²) in [6.07, 6.45) is -0.136. The Balaban J connectivity index is 2.01. The largest absolute Gasteiger partial charge is 0.476 e. The lowest BCUT2D eigenvalue weighted by atomic mass is 10.1. The lowest BCUT2D eigenvalue weighted by Gasteiger charge is -2.35. The first-order valence-corrected chi connectivity index (χ1v) is 10.8. The molecule has 0 aromatic heterocycles. The molecule has 1 N–H and O–H groups in total. The maximum atomic E-state index is 13.3. The van der Waals surface area contributed by atoms with Gasteiger partial charge in [-0.1, -0.05) is 30.7 Å². The zero-order valence-corrected chi connectivity index (χ0v) is 17.4. The van der Waals surface area contributed by atoms with Crippen LogP contribution >= 0.6 is 0 Å². The van der Waals surface area contributed by atoms with Crippen molar-refractivity contribution in [2.24, 2.45) is 0 Å². The number of nitrogens with zero attached hydrogens (tertiary/aromatic N) is 1. The lowest BCUT2D eigenvalue weighted by Crippen LogP contribution is -2.52. The average Bonchev–Trinajstić information content (AvgIpc) is 2.66. The Morgan fingerprint density at radius 1 is 1.18 bits per heavy atom. The number of sulfonamides is 1. The summed E-state index contributed by atoms with van der Waals surface area (Å²) in [5.74, 6) is 0.0804. The number of amides is 1. The van der Waals surface area contributed by atoms with Crippen LogP contribution in [0.3, 0.4) is 0 Å². The Kier molecular flexibility index (Phi) is 5.65. The third kappa shape index (κ3) is 3.99. The van der Waals surface area contributed by atoms with Crippen LogP contribution < -0.4 is 14.4 Å². The molecule has 1 aliphatic heterocycles. The number of hydrogen-bond donors (Lipinski definition) is 1. The molecule has 0 fully saturated rings. The van der Waals surface area contributed by atoms with Gasteiger partial charge >= 0.3 is 0 Å². The minimum atomic E-state index is -3.83. The number of carbonyl (C=O) groups excluding carboxylic acids is 1. The molecule has 28 heavy (non-hydrogen) atoms. The van der Waals surface area contributed by atoms with Crippen molar-refractivity contribution in [1.82, 2.24) is 5.32 Å². The fraction of sp³-hybridized carbons (Fsp3) is 0.381. The number of ether oxygens (including phenoxy) is 1. The molecular weight excluding hydrogens is 376 g/mol. The molecule has 1 amide bonds. The van der Waals surface area contributed by atoms with E-state index in [1.54, 1.807) is 36.4 Å². The molecular formula is C21H26N2O4S. The Morgan fingerprint density at radius 3 is 2.46 bits per heavy atom. The second-order valence-corrected chi connectivity index (χ2v) is 9.11. The van der Waals surface area contributed by atoms with Crippen LogP contribution in [-0.4, -0.2) is 33.0 Å². The minimum absolute atomic E-state index is 0.0165. The Morgan fingerprint density at radius 2 is 1.82 bits per heavy atom. The van der Waals surface area contributed by atoms with Crippen molar-refractivity contribution in [2.45, 2.75) is 51.2 Å². The highest BCUT2D eigenvalue weighted by Gasteiger charge is 2.37. The first kappa shape index (κ1) is 20.2. The number of hydrogen-bond acceptors (Lipinski definition) is 4. The molecule has 0 saturated carbocycles. The fourth-order valence-electron chi connectivity index (χ4n) is 3.00. The summed E-state index contributed by atoms with van der Waals surface area (Å²) < 4.78 is 33.8. The number of fused-ring (bicyclic) bond motifs is 1. The van der Waals surface area contributed by atoms with Gasteiger partial charge in [0.1, 0.15) is 5.75 Å². The van der Waals surface area contributed by atoms with Gasteiger partial charge in [0, 0.05) is 6.04 Å². The molecule has 1 heterocycles.